The van der Waals surface area contributed by atoms with Crippen LogP contribution in [0.5, 0.6) is 0 Å². The van der Waals surface area contributed by atoms with Gasteiger partial charge in [0.05, 0.1) is 6.20 Å². The first kappa shape index (κ1) is 18.6. The number of piperazine rings is 1. The van der Waals surface area contributed by atoms with Crippen LogP contribution in [0.25, 0.3) is 11.0 Å². The highest BCUT2D eigenvalue weighted by Gasteiger charge is 2.33. The van der Waals surface area contributed by atoms with E-state index in [0.717, 1.165) is 44.5 Å². The van der Waals surface area contributed by atoms with Gasteiger partial charge >= 0.3 is 0 Å². The van der Waals surface area contributed by atoms with Gasteiger partial charge < -0.3 is 24.4 Å². The normalized spacial score (nSPS) is 27.3. The molecule has 29 heavy (non-hydrogen) atoms. The first-order valence-corrected chi connectivity index (χ1v) is 10.5. The van der Waals surface area contributed by atoms with Gasteiger partial charge in [-0.05, 0) is 44.5 Å². The summed E-state index contributed by atoms with van der Waals surface area (Å²) < 4.78 is 5.73. The Morgan fingerprint density at radius 3 is 2.76 bits per heavy atom. The average Bonchev–Trinajstić information content (AvgIpc) is 3.30. The molecular formula is C21H27N5O3. The topological polar surface area (TPSA) is 81.9 Å². The molecule has 3 saturated heterocycles. The van der Waals surface area contributed by atoms with E-state index in [4.69, 9.17) is 4.42 Å². The molecule has 2 bridgehead atoms. The van der Waals surface area contributed by atoms with Crippen LogP contribution in [0.4, 0.5) is 0 Å². The number of fused-ring (bicyclic) bond motifs is 3. The molecule has 2 aromatic heterocycles. The van der Waals surface area contributed by atoms with Crippen molar-refractivity contribution in [1.82, 2.24) is 25.0 Å². The van der Waals surface area contributed by atoms with E-state index < -0.39 is 0 Å². The van der Waals surface area contributed by atoms with Crippen molar-refractivity contribution in [3.63, 3.8) is 0 Å². The molecule has 154 valence electrons. The molecule has 1 unspecified atom stereocenters. The number of nitrogens with zero attached hydrogens (tertiary/aromatic N) is 4. The number of rotatable bonds is 3. The number of furan rings is 1. The second-order valence-electron chi connectivity index (χ2n) is 8.63. The molecule has 1 N–H and O–H groups in total. The average molecular weight is 397 g/mol. The van der Waals surface area contributed by atoms with Crippen molar-refractivity contribution in [3.8, 4) is 0 Å². The second kappa shape index (κ2) is 7.42. The van der Waals surface area contributed by atoms with Crippen LogP contribution in [-0.4, -0.2) is 90.4 Å². The summed E-state index contributed by atoms with van der Waals surface area (Å²) in [5, 5.41) is 3.86. The molecule has 8 heteroatoms. The van der Waals surface area contributed by atoms with Gasteiger partial charge in [0.15, 0.2) is 11.3 Å². The Morgan fingerprint density at radius 1 is 1.14 bits per heavy atom. The predicted molar refractivity (Wildman–Crippen MR) is 108 cm³/mol. The Labute approximate surface area is 169 Å². The third-order valence-electron chi connectivity index (χ3n) is 6.44. The van der Waals surface area contributed by atoms with Crippen LogP contribution in [0, 0.1) is 5.92 Å². The number of carbonyl (C=O) groups excluding carboxylic acids is 2. The molecule has 8 nitrogen and oxygen atoms in total. The molecule has 5 rings (SSSR count). The molecule has 0 saturated carbocycles. The number of piperidine rings is 1. The molecule has 3 fully saturated rings. The van der Waals surface area contributed by atoms with Gasteiger partial charge in [-0.15, -0.1) is 0 Å². The lowest BCUT2D eigenvalue weighted by atomic mass is 9.97. The van der Waals surface area contributed by atoms with Crippen LogP contribution in [0.3, 0.4) is 0 Å². The lowest BCUT2D eigenvalue weighted by molar-refractivity contribution is 0.0634. The highest BCUT2D eigenvalue weighted by molar-refractivity contribution is 5.99. The van der Waals surface area contributed by atoms with Crippen LogP contribution in [0.2, 0.25) is 0 Å². The number of aromatic nitrogens is 1. The van der Waals surface area contributed by atoms with Gasteiger partial charge in [0.1, 0.15) is 5.69 Å². The largest absolute Gasteiger partial charge is 0.449 e. The van der Waals surface area contributed by atoms with Crippen LogP contribution < -0.4 is 5.32 Å². The lowest BCUT2D eigenvalue weighted by Crippen LogP contribution is -2.47. The zero-order valence-electron chi connectivity index (χ0n) is 16.8. The molecular weight excluding hydrogens is 370 g/mol. The Kier molecular flexibility index (Phi) is 4.75. The van der Waals surface area contributed by atoms with Gasteiger partial charge in [0, 0.05) is 50.7 Å². The SMILES string of the molecule is CN1CCN(C(=O)c2cc3cc(C(=O)N[C@@H]4C[C@@H]5CCN(C5)C4)ncc3o2)CC1. The first-order chi connectivity index (χ1) is 14.0. The molecule has 0 aromatic carbocycles. The summed E-state index contributed by atoms with van der Waals surface area (Å²) in [5.74, 6) is 0.738. The van der Waals surface area contributed by atoms with Gasteiger partial charge in [-0.1, -0.05) is 0 Å². The number of hydrogen-bond donors (Lipinski definition) is 1. The van der Waals surface area contributed by atoms with Crippen LogP contribution in [0.15, 0.2) is 22.7 Å². The van der Waals surface area contributed by atoms with Crippen LogP contribution in [-0.2, 0) is 0 Å². The summed E-state index contributed by atoms with van der Waals surface area (Å²) in [5.41, 5.74) is 0.894. The summed E-state index contributed by atoms with van der Waals surface area (Å²) in [6.07, 6.45) is 3.81. The number of pyridine rings is 1. The zero-order valence-corrected chi connectivity index (χ0v) is 16.8. The molecule has 3 atom stereocenters. The summed E-state index contributed by atoms with van der Waals surface area (Å²) in [4.78, 5) is 36.1. The van der Waals surface area contributed by atoms with E-state index in [2.05, 4.69) is 27.1 Å². The summed E-state index contributed by atoms with van der Waals surface area (Å²) in [6.45, 7) is 6.32. The van der Waals surface area contributed by atoms with E-state index >= 15 is 0 Å². The van der Waals surface area contributed by atoms with Gasteiger partial charge in [-0.25, -0.2) is 4.98 Å². The fourth-order valence-electron chi connectivity index (χ4n) is 4.76. The fraction of sp³-hybridized carbons (Fsp3) is 0.571. The van der Waals surface area contributed by atoms with Gasteiger partial charge in [0.25, 0.3) is 11.8 Å². The predicted octanol–water partition coefficient (Wildman–Crippen LogP) is 1.04. The van der Waals surface area contributed by atoms with E-state index in [0.29, 0.717) is 36.0 Å². The maximum absolute atomic E-state index is 12.7. The quantitative estimate of drug-likeness (QED) is 0.834. The smallest absolute Gasteiger partial charge is 0.289 e. The van der Waals surface area contributed by atoms with Crippen molar-refractivity contribution in [2.75, 3.05) is 52.9 Å². The highest BCUT2D eigenvalue weighted by Crippen LogP contribution is 2.27. The van der Waals surface area contributed by atoms with Gasteiger partial charge in [-0.2, -0.15) is 0 Å². The minimum atomic E-state index is -0.160. The Balaban J connectivity index is 1.29. The molecule has 5 heterocycles. The van der Waals surface area contributed by atoms with E-state index in [1.165, 1.54) is 6.42 Å². The minimum Gasteiger partial charge on any atom is -0.449 e. The molecule has 2 amide bonds. The number of likely N-dealkylation sites (N-methyl/N-ethyl adjacent to an activating group) is 1. The number of carbonyl (C=O) groups is 2. The standard InChI is InChI=1S/C21H27N5O3/c1-24-4-6-26(7-5-24)21(28)18-10-15-9-17(22-11-19(15)29-18)20(27)23-16-8-14-2-3-25(12-14)13-16/h9-11,14,16H,2-8,12-13H2,1H3,(H,23,27)/t14-,16+/m0/s1. The molecule has 3 aliphatic heterocycles. The third kappa shape index (κ3) is 3.74. The van der Waals surface area contributed by atoms with E-state index in [1.54, 1.807) is 18.3 Å². The van der Waals surface area contributed by atoms with Crippen molar-refractivity contribution in [3.05, 3.63) is 29.8 Å². The molecule has 2 aromatic rings. The minimum absolute atomic E-state index is 0.105. The summed E-state index contributed by atoms with van der Waals surface area (Å²) in [7, 11) is 2.05. The zero-order chi connectivity index (χ0) is 20.0. The number of hydrogen-bond acceptors (Lipinski definition) is 6. The van der Waals surface area contributed by atoms with Crippen molar-refractivity contribution < 1.29 is 14.0 Å². The molecule has 0 aliphatic carbocycles. The fourth-order valence-corrected chi connectivity index (χ4v) is 4.76. The van der Waals surface area contributed by atoms with Crippen LogP contribution >= 0.6 is 0 Å². The Hall–Kier alpha value is -2.45. The lowest BCUT2D eigenvalue weighted by Gasteiger charge is -2.31. The van der Waals surface area contributed by atoms with Gasteiger partial charge in [0.2, 0.25) is 0 Å². The Bertz CT molecular complexity index is 922. The molecule has 3 aliphatic rings. The van der Waals surface area contributed by atoms with Gasteiger partial charge in [-0.3, -0.25) is 9.59 Å². The number of amides is 2. The molecule has 0 radical (unpaired) electrons. The number of nitrogens with one attached hydrogen (secondary N) is 1. The highest BCUT2D eigenvalue weighted by atomic mass is 16.3. The summed E-state index contributed by atoms with van der Waals surface area (Å²) in [6, 6.07) is 3.62. The first-order valence-electron chi connectivity index (χ1n) is 10.5. The maximum Gasteiger partial charge on any atom is 0.289 e. The summed E-state index contributed by atoms with van der Waals surface area (Å²) >= 11 is 0. The van der Waals surface area contributed by atoms with Crippen molar-refractivity contribution in [2.45, 2.75) is 18.9 Å². The van der Waals surface area contributed by atoms with E-state index in [1.807, 2.05) is 4.90 Å². The van der Waals surface area contributed by atoms with Crippen molar-refractivity contribution in [1.29, 1.82) is 0 Å². The van der Waals surface area contributed by atoms with E-state index in [9.17, 15) is 9.59 Å². The molecule has 0 spiro atoms. The second-order valence-corrected chi connectivity index (χ2v) is 8.63. The Morgan fingerprint density at radius 2 is 1.97 bits per heavy atom. The van der Waals surface area contributed by atoms with E-state index in [-0.39, 0.29) is 17.9 Å². The monoisotopic (exact) mass is 397 g/mol. The third-order valence-corrected chi connectivity index (χ3v) is 6.44. The maximum atomic E-state index is 12.7. The van der Waals surface area contributed by atoms with Crippen LogP contribution in [0.1, 0.15) is 33.9 Å². The van der Waals surface area contributed by atoms with Crippen molar-refractivity contribution in [2.24, 2.45) is 5.92 Å². The van der Waals surface area contributed by atoms with Crippen molar-refractivity contribution >= 4 is 22.8 Å².